The minimum atomic E-state index is 0.438. The standard InChI is InChI=1S/C14H20N2.C3H6O.C2H6/c1-10(2)13-15-8-12(9-16-13)11-6-14(7-11)4-3-5-14;1-2-3-4;1-2/h8-11H,3-7H2,1-2H3;3H,2H2,1H3;1-2H3. The van der Waals surface area contributed by atoms with E-state index < -0.39 is 0 Å². The van der Waals surface area contributed by atoms with E-state index in [0.717, 1.165) is 23.4 Å². The number of carbonyl (C=O) groups excluding carboxylic acids is 1. The molecule has 3 heteroatoms. The van der Waals surface area contributed by atoms with Gasteiger partial charge in [0.2, 0.25) is 0 Å². The smallest absolute Gasteiger partial charge is 0.130 e. The summed E-state index contributed by atoms with van der Waals surface area (Å²) in [6.07, 6.45) is 12.8. The van der Waals surface area contributed by atoms with Crippen molar-refractivity contribution in [3.63, 3.8) is 0 Å². The maximum absolute atomic E-state index is 9.17. The van der Waals surface area contributed by atoms with E-state index >= 15 is 0 Å². The summed E-state index contributed by atoms with van der Waals surface area (Å²) < 4.78 is 0. The van der Waals surface area contributed by atoms with E-state index in [1.807, 2.05) is 20.8 Å². The Morgan fingerprint density at radius 2 is 1.73 bits per heavy atom. The van der Waals surface area contributed by atoms with Gasteiger partial charge in [-0.1, -0.05) is 41.0 Å². The van der Waals surface area contributed by atoms with Crippen LogP contribution in [0.5, 0.6) is 0 Å². The van der Waals surface area contributed by atoms with Crippen molar-refractivity contribution in [1.29, 1.82) is 0 Å². The van der Waals surface area contributed by atoms with Crippen LogP contribution < -0.4 is 0 Å². The lowest BCUT2D eigenvalue weighted by atomic mass is 9.51. The van der Waals surface area contributed by atoms with Gasteiger partial charge >= 0.3 is 0 Å². The van der Waals surface area contributed by atoms with Gasteiger partial charge in [0, 0.05) is 24.7 Å². The Balaban J connectivity index is 0.000000354. The SMILES string of the molecule is CC.CC(C)c1ncc(C2CC3(CCC3)C2)cn1.CCC=O. The summed E-state index contributed by atoms with van der Waals surface area (Å²) in [5.41, 5.74) is 2.11. The molecule has 0 aliphatic heterocycles. The molecule has 124 valence electrons. The molecular formula is C19H32N2O. The first-order valence-electron chi connectivity index (χ1n) is 8.85. The van der Waals surface area contributed by atoms with Crippen LogP contribution in [0.25, 0.3) is 0 Å². The molecule has 0 atom stereocenters. The molecule has 0 unspecified atom stereocenters. The van der Waals surface area contributed by atoms with Crippen molar-refractivity contribution >= 4 is 6.29 Å². The van der Waals surface area contributed by atoms with Gasteiger partial charge in [0.15, 0.2) is 0 Å². The Kier molecular flexibility index (Phi) is 7.70. The highest BCUT2D eigenvalue weighted by Crippen LogP contribution is 2.61. The zero-order valence-corrected chi connectivity index (χ0v) is 14.9. The molecule has 3 nitrogen and oxygen atoms in total. The van der Waals surface area contributed by atoms with Crippen molar-refractivity contribution < 1.29 is 4.79 Å². The largest absolute Gasteiger partial charge is 0.303 e. The quantitative estimate of drug-likeness (QED) is 0.714. The molecule has 0 aromatic carbocycles. The lowest BCUT2D eigenvalue weighted by Crippen LogP contribution is -2.41. The van der Waals surface area contributed by atoms with Crippen LogP contribution >= 0.6 is 0 Å². The molecule has 3 rings (SSSR count). The highest BCUT2D eigenvalue weighted by Gasteiger charge is 2.48. The predicted molar refractivity (Wildman–Crippen MR) is 92.1 cm³/mol. The first-order valence-corrected chi connectivity index (χ1v) is 8.85. The molecule has 0 saturated heterocycles. The van der Waals surface area contributed by atoms with Crippen molar-refractivity contribution in [2.75, 3.05) is 0 Å². The molecule has 2 aliphatic carbocycles. The molecule has 22 heavy (non-hydrogen) atoms. The highest BCUT2D eigenvalue weighted by atomic mass is 16.1. The van der Waals surface area contributed by atoms with Crippen LogP contribution in [0.15, 0.2) is 12.4 Å². The van der Waals surface area contributed by atoms with Gasteiger partial charge in [-0.15, -0.1) is 0 Å². The molecule has 2 fully saturated rings. The van der Waals surface area contributed by atoms with Crippen LogP contribution in [-0.2, 0) is 4.79 Å². The van der Waals surface area contributed by atoms with Crippen molar-refractivity contribution in [3.05, 3.63) is 23.8 Å². The molecule has 1 spiro atoms. The lowest BCUT2D eigenvalue weighted by Gasteiger charge is -2.54. The van der Waals surface area contributed by atoms with E-state index in [2.05, 4.69) is 36.2 Å². The van der Waals surface area contributed by atoms with E-state index in [0.29, 0.717) is 12.3 Å². The summed E-state index contributed by atoms with van der Waals surface area (Å²) in [6, 6.07) is 0. The van der Waals surface area contributed by atoms with Gasteiger partial charge in [-0.05, 0) is 42.6 Å². The summed E-state index contributed by atoms with van der Waals surface area (Å²) in [6.45, 7) is 10.1. The van der Waals surface area contributed by atoms with Crippen molar-refractivity contribution in [2.24, 2.45) is 5.41 Å². The average molecular weight is 304 g/mol. The number of aldehydes is 1. The second-order valence-electron chi connectivity index (χ2n) is 6.56. The summed E-state index contributed by atoms with van der Waals surface area (Å²) in [5, 5.41) is 0. The average Bonchev–Trinajstić information content (AvgIpc) is 2.47. The molecule has 1 heterocycles. The third-order valence-corrected chi connectivity index (χ3v) is 4.62. The monoisotopic (exact) mass is 304 g/mol. The fourth-order valence-electron chi connectivity index (χ4n) is 3.16. The van der Waals surface area contributed by atoms with Gasteiger partial charge in [-0.2, -0.15) is 0 Å². The van der Waals surface area contributed by atoms with Crippen LogP contribution in [0.4, 0.5) is 0 Å². The van der Waals surface area contributed by atoms with Gasteiger partial charge < -0.3 is 4.79 Å². The second kappa shape index (κ2) is 9.02. The molecule has 0 radical (unpaired) electrons. The molecule has 1 aromatic heterocycles. The van der Waals surface area contributed by atoms with Gasteiger partial charge in [-0.3, -0.25) is 0 Å². The van der Waals surface area contributed by atoms with Crippen molar-refractivity contribution in [1.82, 2.24) is 9.97 Å². The Hall–Kier alpha value is -1.25. The molecule has 2 saturated carbocycles. The molecule has 2 aliphatic rings. The third kappa shape index (κ3) is 4.62. The lowest BCUT2D eigenvalue weighted by molar-refractivity contribution is -0.107. The van der Waals surface area contributed by atoms with Crippen LogP contribution in [0.2, 0.25) is 0 Å². The Morgan fingerprint density at radius 1 is 1.23 bits per heavy atom. The summed E-state index contributed by atoms with van der Waals surface area (Å²) >= 11 is 0. The van der Waals surface area contributed by atoms with E-state index in [-0.39, 0.29) is 0 Å². The predicted octanol–water partition coefficient (Wildman–Crippen LogP) is 5.27. The maximum atomic E-state index is 9.17. The van der Waals surface area contributed by atoms with Crippen LogP contribution in [-0.4, -0.2) is 16.3 Å². The molecule has 0 amide bonds. The Bertz CT molecular complexity index is 427. The number of carbonyl (C=O) groups is 1. The Labute approximate surface area is 136 Å². The van der Waals surface area contributed by atoms with Crippen LogP contribution in [0, 0.1) is 5.41 Å². The number of nitrogens with zero attached hydrogens (tertiary/aromatic N) is 2. The van der Waals surface area contributed by atoms with Gasteiger partial charge in [0.05, 0.1) is 0 Å². The molecule has 0 bridgehead atoms. The molecular weight excluding hydrogens is 272 g/mol. The molecule has 1 aromatic rings. The zero-order chi connectivity index (χ0) is 16.6. The van der Waals surface area contributed by atoms with Gasteiger partial charge in [0.25, 0.3) is 0 Å². The number of rotatable bonds is 3. The number of aromatic nitrogens is 2. The number of hydrogen-bond donors (Lipinski definition) is 0. The normalized spacial score (nSPS) is 18.3. The zero-order valence-electron chi connectivity index (χ0n) is 14.9. The van der Waals surface area contributed by atoms with E-state index in [4.69, 9.17) is 0 Å². The summed E-state index contributed by atoms with van der Waals surface area (Å²) in [4.78, 5) is 18.1. The fraction of sp³-hybridized carbons (Fsp3) is 0.737. The summed E-state index contributed by atoms with van der Waals surface area (Å²) in [5.74, 6) is 2.16. The first kappa shape index (κ1) is 18.8. The first-order chi connectivity index (χ1) is 10.6. The van der Waals surface area contributed by atoms with Crippen LogP contribution in [0.3, 0.4) is 0 Å². The van der Waals surface area contributed by atoms with E-state index in [1.54, 1.807) is 0 Å². The minimum Gasteiger partial charge on any atom is -0.303 e. The van der Waals surface area contributed by atoms with Crippen LogP contribution in [0.1, 0.15) is 96.4 Å². The Morgan fingerprint density at radius 3 is 2.05 bits per heavy atom. The van der Waals surface area contributed by atoms with Gasteiger partial charge in [-0.25, -0.2) is 9.97 Å². The topological polar surface area (TPSA) is 42.9 Å². The maximum Gasteiger partial charge on any atom is 0.130 e. The molecule has 0 N–H and O–H groups in total. The van der Waals surface area contributed by atoms with Crippen molar-refractivity contribution in [2.45, 2.75) is 85.0 Å². The van der Waals surface area contributed by atoms with Gasteiger partial charge in [0.1, 0.15) is 12.1 Å². The third-order valence-electron chi connectivity index (χ3n) is 4.62. The second-order valence-corrected chi connectivity index (χ2v) is 6.56. The fourth-order valence-corrected chi connectivity index (χ4v) is 3.16. The van der Waals surface area contributed by atoms with E-state index in [9.17, 15) is 4.79 Å². The van der Waals surface area contributed by atoms with E-state index in [1.165, 1.54) is 37.7 Å². The minimum absolute atomic E-state index is 0.438. The van der Waals surface area contributed by atoms with Crippen molar-refractivity contribution in [3.8, 4) is 0 Å². The highest BCUT2D eigenvalue weighted by molar-refractivity contribution is 5.48. The number of hydrogen-bond acceptors (Lipinski definition) is 3. The summed E-state index contributed by atoms with van der Waals surface area (Å²) in [7, 11) is 0.